The monoisotopic (exact) mass is 569 g/mol. The van der Waals surface area contributed by atoms with Crippen molar-refractivity contribution in [1.29, 1.82) is 5.26 Å². The molecule has 222 valence electrons. The minimum Gasteiger partial charge on any atom is -0.462 e. The van der Waals surface area contributed by atoms with Gasteiger partial charge in [-0.3, -0.25) is 4.79 Å². The van der Waals surface area contributed by atoms with Crippen LogP contribution in [-0.4, -0.2) is 84.1 Å². The van der Waals surface area contributed by atoms with Crippen LogP contribution in [0.4, 0.5) is 11.5 Å². The van der Waals surface area contributed by atoms with Crippen molar-refractivity contribution >= 4 is 17.4 Å². The van der Waals surface area contributed by atoms with Gasteiger partial charge in [-0.05, 0) is 81.8 Å². The molecule has 4 heterocycles. The molecule has 9 heteroatoms. The van der Waals surface area contributed by atoms with E-state index in [-0.39, 0.29) is 18.4 Å². The lowest BCUT2D eigenvalue weighted by Gasteiger charge is -2.42. The van der Waals surface area contributed by atoms with Gasteiger partial charge in [-0.25, -0.2) is 0 Å². The maximum absolute atomic E-state index is 12.5. The van der Waals surface area contributed by atoms with Gasteiger partial charge < -0.3 is 24.3 Å². The maximum Gasteiger partial charge on any atom is 0.318 e. The molecule has 0 spiro atoms. The van der Waals surface area contributed by atoms with Gasteiger partial charge in [-0.15, -0.1) is 0 Å². The number of hydrogen-bond acceptors (Lipinski definition) is 8. The first-order valence-corrected chi connectivity index (χ1v) is 15.7. The third-order valence-corrected chi connectivity index (χ3v) is 9.63. The van der Waals surface area contributed by atoms with Crippen LogP contribution in [0.5, 0.6) is 6.01 Å². The van der Waals surface area contributed by atoms with Crippen LogP contribution < -0.4 is 14.5 Å². The number of hydrogen-bond donors (Lipinski definition) is 0. The van der Waals surface area contributed by atoms with Crippen molar-refractivity contribution < 1.29 is 9.53 Å². The number of piperazine rings is 1. The van der Waals surface area contributed by atoms with Crippen LogP contribution in [0.2, 0.25) is 0 Å². The number of ether oxygens (including phenoxy) is 1. The minimum atomic E-state index is -0.212. The molecule has 3 aliphatic heterocycles. The van der Waals surface area contributed by atoms with Crippen LogP contribution in [0.15, 0.2) is 30.9 Å². The summed E-state index contributed by atoms with van der Waals surface area (Å²) in [6.45, 7) is 8.68. The Morgan fingerprint density at radius 1 is 1.05 bits per heavy atom. The van der Waals surface area contributed by atoms with E-state index in [0.29, 0.717) is 38.3 Å². The Bertz CT molecular complexity index is 1350. The Kier molecular flexibility index (Phi) is 8.61. The molecule has 6 rings (SSSR count). The molecule has 0 unspecified atom stereocenters. The van der Waals surface area contributed by atoms with Crippen LogP contribution in [0, 0.1) is 11.3 Å². The first kappa shape index (κ1) is 28.5. The number of aromatic nitrogens is 2. The van der Waals surface area contributed by atoms with Crippen LogP contribution in [0.3, 0.4) is 0 Å². The Labute approximate surface area is 249 Å². The molecule has 42 heavy (non-hydrogen) atoms. The molecular weight excluding hydrogens is 526 g/mol. The summed E-state index contributed by atoms with van der Waals surface area (Å²) < 4.78 is 6.32. The predicted molar refractivity (Wildman–Crippen MR) is 164 cm³/mol. The van der Waals surface area contributed by atoms with E-state index in [1.165, 1.54) is 48.6 Å². The number of benzene rings is 1. The van der Waals surface area contributed by atoms with E-state index in [1.54, 1.807) is 4.90 Å². The van der Waals surface area contributed by atoms with Crippen LogP contribution in [0.25, 0.3) is 0 Å². The molecule has 1 aromatic carbocycles. The van der Waals surface area contributed by atoms with E-state index in [1.807, 2.05) is 0 Å². The zero-order chi connectivity index (χ0) is 29.1. The van der Waals surface area contributed by atoms with E-state index in [2.05, 4.69) is 52.6 Å². The number of likely N-dealkylation sites (tertiary alicyclic amines) is 1. The summed E-state index contributed by atoms with van der Waals surface area (Å²) in [6.07, 6.45) is 10.9. The second-order valence-corrected chi connectivity index (χ2v) is 12.2. The van der Waals surface area contributed by atoms with Gasteiger partial charge in [-0.2, -0.15) is 15.2 Å². The lowest BCUT2D eigenvalue weighted by molar-refractivity contribution is -0.128. The van der Waals surface area contributed by atoms with Crippen molar-refractivity contribution in [2.75, 3.05) is 56.2 Å². The lowest BCUT2D eigenvalue weighted by Crippen LogP contribution is -2.55. The molecular formula is C33H43N7O2. The fourth-order valence-electron chi connectivity index (χ4n) is 7.25. The average Bonchev–Trinajstić information content (AvgIpc) is 3.27. The number of nitriles is 1. The number of carbonyl (C=O) groups is 1. The van der Waals surface area contributed by atoms with Gasteiger partial charge in [0.05, 0.1) is 30.8 Å². The molecule has 9 nitrogen and oxygen atoms in total. The van der Waals surface area contributed by atoms with Crippen molar-refractivity contribution in [2.45, 2.75) is 76.4 Å². The first-order chi connectivity index (χ1) is 20.6. The molecule has 1 aromatic heterocycles. The van der Waals surface area contributed by atoms with Gasteiger partial charge in [0.25, 0.3) is 0 Å². The SMILES string of the molecule is C=CC(=O)N1CCN(c2nc(OC[C@@H]3CCCN3C)nc3c2CCN(c2cccc4c2CCCCC4)C3)C[C@@H]1CC#N. The number of amides is 1. The summed E-state index contributed by atoms with van der Waals surface area (Å²) in [6, 6.07) is 9.68. The van der Waals surface area contributed by atoms with E-state index in [0.717, 1.165) is 62.4 Å². The molecule has 2 aromatic rings. The average molecular weight is 570 g/mol. The maximum atomic E-state index is 12.5. The van der Waals surface area contributed by atoms with Gasteiger partial charge in [0.2, 0.25) is 5.91 Å². The predicted octanol–water partition coefficient (Wildman–Crippen LogP) is 3.90. The number of nitrogens with zero attached hydrogens (tertiary/aromatic N) is 7. The van der Waals surface area contributed by atoms with Crippen LogP contribution >= 0.6 is 0 Å². The topological polar surface area (TPSA) is 88.8 Å². The Balaban J connectivity index is 1.31. The van der Waals surface area contributed by atoms with Crippen molar-refractivity contribution in [3.8, 4) is 12.1 Å². The molecule has 0 N–H and O–H groups in total. The van der Waals surface area contributed by atoms with Crippen LogP contribution in [0.1, 0.15) is 60.9 Å². The fraction of sp³-hybridized carbons (Fsp3) is 0.576. The Morgan fingerprint density at radius 2 is 1.93 bits per heavy atom. The molecule has 0 saturated carbocycles. The summed E-state index contributed by atoms with van der Waals surface area (Å²) in [5.74, 6) is 0.775. The van der Waals surface area contributed by atoms with E-state index in [9.17, 15) is 10.1 Å². The molecule has 1 amide bonds. The molecule has 0 radical (unpaired) electrons. The molecule has 4 aliphatic rings. The standard InChI is InChI=1S/C33H43N7O2/c1-3-31(41)40-20-19-39(21-25(40)14-16-34)32-28-15-18-38(30-13-7-10-24-9-5-4-6-12-27(24)30)22-29(28)35-33(36-32)42-23-26-11-8-17-37(26)2/h3,7,10,13,25-26H,1,4-6,8-9,11-12,14-15,17-23H2,2H3/t25-,26-/m0/s1. The highest BCUT2D eigenvalue weighted by atomic mass is 16.5. The second kappa shape index (κ2) is 12.7. The fourth-order valence-corrected chi connectivity index (χ4v) is 7.25. The number of fused-ring (bicyclic) bond motifs is 2. The summed E-state index contributed by atoms with van der Waals surface area (Å²) in [7, 11) is 2.15. The first-order valence-electron chi connectivity index (χ1n) is 15.7. The van der Waals surface area contributed by atoms with Gasteiger partial charge >= 0.3 is 6.01 Å². The number of likely N-dealkylation sites (N-methyl/N-ethyl adjacent to an activating group) is 1. The van der Waals surface area contributed by atoms with E-state index < -0.39 is 0 Å². The zero-order valence-corrected chi connectivity index (χ0v) is 24.9. The molecule has 1 aliphatic carbocycles. The van der Waals surface area contributed by atoms with E-state index >= 15 is 0 Å². The quantitative estimate of drug-likeness (QED) is 0.367. The Hall–Kier alpha value is -3.64. The highest BCUT2D eigenvalue weighted by Crippen LogP contribution is 2.36. The van der Waals surface area contributed by atoms with Gasteiger partial charge in [-0.1, -0.05) is 25.1 Å². The van der Waals surface area contributed by atoms with Crippen molar-refractivity contribution in [3.05, 3.63) is 53.2 Å². The van der Waals surface area contributed by atoms with Gasteiger partial charge in [0, 0.05) is 43.5 Å². The van der Waals surface area contributed by atoms with Gasteiger partial charge in [0.1, 0.15) is 12.4 Å². The normalized spacial score (nSPS) is 22.6. The highest BCUT2D eigenvalue weighted by Gasteiger charge is 2.34. The third-order valence-electron chi connectivity index (χ3n) is 9.63. The molecule has 2 fully saturated rings. The molecule has 2 atom stereocenters. The number of rotatable bonds is 7. The highest BCUT2D eigenvalue weighted by molar-refractivity contribution is 5.87. The van der Waals surface area contributed by atoms with Crippen molar-refractivity contribution in [2.24, 2.45) is 0 Å². The van der Waals surface area contributed by atoms with Crippen LogP contribution in [-0.2, 0) is 30.6 Å². The summed E-state index contributed by atoms with van der Waals surface area (Å²) in [5, 5.41) is 9.53. The lowest BCUT2D eigenvalue weighted by atomic mass is 9.97. The number of carbonyl (C=O) groups excluding carboxylic acids is 1. The smallest absolute Gasteiger partial charge is 0.318 e. The third kappa shape index (κ3) is 5.82. The minimum absolute atomic E-state index is 0.123. The van der Waals surface area contributed by atoms with E-state index in [4.69, 9.17) is 14.7 Å². The van der Waals surface area contributed by atoms with Gasteiger partial charge in [0.15, 0.2) is 0 Å². The number of aryl methyl sites for hydroxylation is 1. The number of anilines is 2. The molecule has 2 saturated heterocycles. The zero-order valence-electron chi connectivity index (χ0n) is 24.9. The largest absolute Gasteiger partial charge is 0.462 e. The Morgan fingerprint density at radius 3 is 2.74 bits per heavy atom. The summed E-state index contributed by atoms with van der Waals surface area (Å²) in [5.41, 5.74) is 6.54. The van der Waals surface area contributed by atoms with Crippen molar-refractivity contribution in [3.63, 3.8) is 0 Å². The summed E-state index contributed by atoms with van der Waals surface area (Å²) >= 11 is 0. The summed E-state index contributed by atoms with van der Waals surface area (Å²) in [4.78, 5) is 31.4. The van der Waals surface area contributed by atoms with Crippen molar-refractivity contribution in [1.82, 2.24) is 19.8 Å². The second-order valence-electron chi connectivity index (χ2n) is 12.2. The molecule has 0 bridgehead atoms.